The fraction of sp³-hybridized carbons (Fsp3) is 0.556. The molecule has 142 valence electrons. The van der Waals surface area contributed by atoms with Crippen molar-refractivity contribution < 1.29 is 4.42 Å². The summed E-state index contributed by atoms with van der Waals surface area (Å²) in [6, 6.07) is 4.06. The van der Waals surface area contributed by atoms with Crippen LogP contribution in [0.4, 0.5) is 5.13 Å². The molecular formula is C18H28N6OS. The van der Waals surface area contributed by atoms with Crippen LogP contribution in [0.1, 0.15) is 25.6 Å². The number of hydrogen-bond donors (Lipinski definition) is 1. The number of anilines is 1. The van der Waals surface area contributed by atoms with E-state index in [4.69, 9.17) is 15.1 Å². The summed E-state index contributed by atoms with van der Waals surface area (Å²) in [5.74, 6) is 1.56. The Kier molecular flexibility index (Phi) is 6.51. The van der Waals surface area contributed by atoms with Gasteiger partial charge in [-0.3, -0.25) is 9.89 Å². The molecule has 8 heteroatoms. The van der Waals surface area contributed by atoms with Crippen LogP contribution >= 0.6 is 11.3 Å². The number of thiazole rings is 1. The number of rotatable bonds is 7. The van der Waals surface area contributed by atoms with Crippen LogP contribution in [0.3, 0.4) is 0 Å². The van der Waals surface area contributed by atoms with Crippen molar-refractivity contribution in [1.29, 1.82) is 0 Å². The number of nitrogens with two attached hydrogens (primary N) is 1. The van der Waals surface area contributed by atoms with Crippen LogP contribution in [-0.4, -0.2) is 66.6 Å². The molecule has 3 rings (SSSR count). The normalized spacial score (nSPS) is 17.1. The van der Waals surface area contributed by atoms with Gasteiger partial charge in [0.2, 0.25) is 0 Å². The van der Waals surface area contributed by atoms with Crippen molar-refractivity contribution in [3.63, 3.8) is 0 Å². The second-order valence-corrected chi connectivity index (χ2v) is 7.11. The summed E-state index contributed by atoms with van der Waals surface area (Å²) < 4.78 is 5.64. The molecule has 0 aromatic carbocycles. The first kappa shape index (κ1) is 18.7. The van der Waals surface area contributed by atoms with Crippen molar-refractivity contribution in [2.24, 2.45) is 10.7 Å². The maximum Gasteiger partial charge on any atom is 0.191 e. The SMILES string of the molecule is CCN(CC)C(CN=C(N)N1CCN(c2nccs2)CC1)c1ccco1. The van der Waals surface area contributed by atoms with Crippen LogP contribution in [0.25, 0.3) is 0 Å². The minimum absolute atomic E-state index is 0.121. The standard InChI is InChI=1S/C18H28N6OS/c1-3-22(4-2)15(16-6-5-12-25-16)14-21-17(19)23-8-10-24(11-9-23)18-20-7-13-26-18/h5-7,12-13,15H,3-4,8-11,14H2,1-2H3,(H2,19,21). The van der Waals surface area contributed by atoms with Crippen LogP contribution in [0, 0.1) is 0 Å². The highest BCUT2D eigenvalue weighted by Crippen LogP contribution is 2.22. The van der Waals surface area contributed by atoms with E-state index in [1.165, 1.54) is 0 Å². The third-order valence-electron chi connectivity index (χ3n) is 4.84. The number of hydrogen-bond acceptors (Lipinski definition) is 6. The molecule has 3 heterocycles. The maximum absolute atomic E-state index is 6.29. The number of piperazine rings is 1. The van der Waals surface area contributed by atoms with E-state index < -0.39 is 0 Å². The highest BCUT2D eigenvalue weighted by Gasteiger charge is 2.22. The minimum atomic E-state index is 0.121. The molecule has 1 atom stereocenters. The van der Waals surface area contributed by atoms with E-state index in [1.54, 1.807) is 17.6 Å². The molecule has 1 aliphatic rings. The van der Waals surface area contributed by atoms with Gasteiger partial charge in [-0.15, -0.1) is 11.3 Å². The van der Waals surface area contributed by atoms with E-state index in [-0.39, 0.29) is 6.04 Å². The zero-order valence-corrected chi connectivity index (χ0v) is 16.4. The third kappa shape index (κ3) is 4.37. The van der Waals surface area contributed by atoms with Crippen molar-refractivity contribution in [3.8, 4) is 0 Å². The Hall–Kier alpha value is -2.06. The van der Waals surface area contributed by atoms with Gasteiger partial charge in [-0.1, -0.05) is 13.8 Å². The fourth-order valence-corrected chi connectivity index (χ4v) is 4.01. The fourth-order valence-electron chi connectivity index (χ4n) is 3.31. The largest absolute Gasteiger partial charge is 0.468 e. The predicted molar refractivity (Wildman–Crippen MR) is 107 cm³/mol. The number of furan rings is 1. The van der Waals surface area contributed by atoms with Crippen molar-refractivity contribution in [2.75, 3.05) is 50.7 Å². The molecule has 1 saturated heterocycles. The highest BCUT2D eigenvalue weighted by molar-refractivity contribution is 7.13. The molecule has 2 aromatic rings. The van der Waals surface area contributed by atoms with Gasteiger partial charge in [-0.05, 0) is 25.2 Å². The average Bonchev–Trinajstić information content (AvgIpc) is 3.39. The molecule has 2 aromatic heterocycles. The van der Waals surface area contributed by atoms with Crippen LogP contribution in [0.2, 0.25) is 0 Å². The Morgan fingerprint density at radius 1 is 1.35 bits per heavy atom. The summed E-state index contributed by atoms with van der Waals surface area (Å²) in [6.45, 7) is 10.4. The van der Waals surface area contributed by atoms with Gasteiger partial charge in [0, 0.05) is 37.8 Å². The van der Waals surface area contributed by atoms with Crippen molar-refractivity contribution >= 4 is 22.4 Å². The summed E-state index contributed by atoms with van der Waals surface area (Å²) in [6.07, 6.45) is 3.57. The molecule has 0 aliphatic carbocycles. The summed E-state index contributed by atoms with van der Waals surface area (Å²) in [5.41, 5.74) is 6.29. The molecule has 26 heavy (non-hydrogen) atoms. The summed E-state index contributed by atoms with van der Waals surface area (Å²) in [5, 5.41) is 3.10. The molecule has 0 bridgehead atoms. The molecule has 1 aliphatic heterocycles. The van der Waals surface area contributed by atoms with Crippen LogP contribution in [-0.2, 0) is 0 Å². The third-order valence-corrected chi connectivity index (χ3v) is 5.68. The topological polar surface area (TPSA) is 74.1 Å². The Morgan fingerprint density at radius 2 is 2.12 bits per heavy atom. The Bertz CT molecular complexity index is 660. The lowest BCUT2D eigenvalue weighted by Gasteiger charge is -2.35. The Morgan fingerprint density at radius 3 is 2.69 bits per heavy atom. The van der Waals surface area contributed by atoms with Gasteiger partial charge >= 0.3 is 0 Å². The lowest BCUT2D eigenvalue weighted by atomic mass is 10.2. The Labute approximate surface area is 159 Å². The van der Waals surface area contributed by atoms with Gasteiger partial charge in [-0.2, -0.15) is 0 Å². The van der Waals surface area contributed by atoms with Gasteiger partial charge in [0.25, 0.3) is 0 Å². The van der Waals surface area contributed by atoms with Crippen LogP contribution in [0.15, 0.2) is 39.4 Å². The summed E-state index contributed by atoms with van der Waals surface area (Å²) in [4.78, 5) is 15.9. The minimum Gasteiger partial charge on any atom is -0.468 e. The smallest absolute Gasteiger partial charge is 0.191 e. The molecule has 2 N–H and O–H groups in total. The van der Waals surface area contributed by atoms with Crippen molar-refractivity contribution in [1.82, 2.24) is 14.8 Å². The van der Waals surface area contributed by atoms with Gasteiger partial charge in [0.1, 0.15) is 5.76 Å². The number of nitrogens with zero attached hydrogens (tertiary/aromatic N) is 5. The van der Waals surface area contributed by atoms with E-state index in [2.05, 4.69) is 33.5 Å². The van der Waals surface area contributed by atoms with Crippen LogP contribution < -0.4 is 10.6 Å². The molecule has 7 nitrogen and oxygen atoms in total. The monoisotopic (exact) mass is 376 g/mol. The molecule has 1 unspecified atom stereocenters. The molecule has 0 spiro atoms. The second-order valence-electron chi connectivity index (χ2n) is 6.24. The van der Waals surface area contributed by atoms with Crippen molar-refractivity contribution in [3.05, 3.63) is 35.7 Å². The molecule has 1 fully saturated rings. The summed E-state index contributed by atoms with van der Waals surface area (Å²) in [7, 11) is 0. The van der Waals surface area contributed by atoms with Crippen molar-refractivity contribution in [2.45, 2.75) is 19.9 Å². The summed E-state index contributed by atoms with van der Waals surface area (Å²) >= 11 is 1.68. The average molecular weight is 377 g/mol. The van der Waals surface area contributed by atoms with E-state index in [1.807, 2.05) is 23.7 Å². The number of likely N-dealkylation sites (N-methyl/N-ethyl adjacent to an activating group) is 1. The van der Waals surface area contributed by atoms with E-state index in [9.17, 15) is 0 Å². The van der Waals surface area contributed by atoms with Gasteiger partial charge in [-0.25, -0.2) is 4.98 Å². The first-order valence-corrected chi connectivity index (χ1v) is 10.1. The Balaban J connectivity index is 1.60. The van der Waals surface area contributed by atoms with Gasteiger partial charge in [0.05, 0.1) is 18.8 Å². The number of guanidine groups is 1. The maximum atomic E-state index is 6.29. The highest BCUT2D eigenvalue weighted by atomic mass is 32.1. The number of aliphatic imine (C=N–C) groups is 1. The van der Waals surface area contributed by atoms with E-state index >= 15 is 0 Å². The first-order chi connectivity index (χ1) is 12.7. The van der Waals surface area contributed by atoms with E-state index in [0.717, 1.165) is 50.2 Å². The number of aromatic nitrogens is 1. The van der Waals surface area contributed by atoms with Crippen LogP contribution in [0.5, 0.6) is 0 Å². The van der Waals surface area contributed by atoms with E-state index in [0.29, 0.717) is 12.5 Å². The molecule has 0 saturated carbocycles. The zero-order chi connectivity index (χ0) is 18.4. The zero-order valence-electron chi connectivity index (χ0n) is 15.5. The molecule has 0 radical (unpaired) electrons. The molecule has 0 amide bonds. The van der Waals surface area contributed by atoms with Gasteiger partial charge in [0.15, 0.2) is 11.1 Å². The lowest BCUT2D eigenvalue weighted by molar-refractivity contribution is 0.198. The first-order valence-electron chi connectivity index (χ1n) is 9.19. The molecular weight excluding hydrogens is 348 g/mol. The van der Waals surface area contributed by atoms with Gasteiger partial charge < -0.3 is 20.0 Å². The second kappa shape index (κ2) is 9.05. The predicted octanol–water partition coefficient (Wildman–Crippen LogP) is 2.26. The quantitative estimate of drug-likeness (QED) is 0.590. The lowest BCUT2D eigenvalue weighted by Crippen LogP contribution is -2.51.